The van der Waals surface area contributed by atoms with Crippen molar-refractivity contribution in [1.82, 2.24) is 9.97 Å². The fourth-order valence-corrected chi connectivity index (χ4v) is 2.67. The molecule has 0 amide bonds. The second-order valence-corrected chi connectivity index (χ2v) is 6.59. The zero-order valence-electron chi connectivity index (χ0n) is 10.3. The normalized spacial score (nSPS) is 11.8. The summed E-state index contributed by atoms with van der Waals surface area (Å²) < 4.78 is 6.92. The molecule has 0 aromatic carbocycles. The average Bonchev–Trinajstić information content (AvgIpc) is 2.66. The third kappa shape index (κ3) is 2.44. The standard InChI is InChI=1S/C12H13Br2N3O/c1-12(2,3)9-7(14)10(15)17-11(16-9)8-6(13)4-5-18-8/h4-5H,1-3H3,(H2,15,16,17). The van der Waals surface area contributed by atoms with Crippen LogP contribution in [0.1, 0.15) is 26.5 Å². The molecule has 2 aromatic heterocycles. The van der Waals surface area contributed by atoms with Gasteiger partial charge in [-0.2, -0.15) is 0 Å². The van der Waals surface area contributed by atoms with Crippen LogP contribution in [0.2, 0.25) is 0 Å². The molecule has 0 saturated heterocycles. The Labute approximate surface area is 122 Å². The topological polar surface area (TPSA) is 64.9 Å². The van der Waals surface area contributed by atoms with E-state index in [1.54, 1.807) is 12.3 Å². The Kier molecular flexibility index (Phi) is 3.51. The number of anilines is 1. The first kappa shape index (κ1) is 13.5. The number of hydrogen-bond donors (Lipinski definition) is 1. The van der Waals surface area contributed by atoms with Gasteiger partial charge in [0.15, 0.2) is 11.6 Å². The number of nitrogen functional groups attached to an aromatic ring is 1. The van der Waals surface area contributed by atoms with Crippen molar-refractivity contribution in [3.8, 4) is 11.6 Å². The number of nitrogens with two attached hydrogens (primary N) is 1. The lowest BCUT2D eigenvalue weighted by atomic mass is 9.92. The highest BCUT2D eigenvalue weighted by atomic mass is 79.9. The second kappa shape index (κ2) is 4.66. The van der Waals surface area contributed by atoms with Crippen molar-refractivity contribution in [2.45, 2.75) is 26.2 Å². The Morgan fingerprint density at radius 2 is 1.89 bits per heavy atom. The number of rotatable bonds is 1. The largest absolute Gasteiger partial charge is 0.460 e. The van der Waals surface area contributed by atoms with E-state index in [1.165, 1.54) is 0 Å². The zero-order valence-corrected chi connectivity index (χ0v) is 13.5. The lowest BCUT2D eigenvalue weighted by Crippen LogP contribution is -2.17. The monoisotopic (exact) mass is 373 g/mol. The lowest BCUT2D eigenvalue weighted by molar-refractivity contribution is 0.554. The summed E-state index contributed by atoms with van der Waals surface area (Å²) in [5, 5.41) is 0. The van der Waals surface area contributed by atoms with Gasteiger partial charge in [0.2, 0.25) is 0 Å². The van der Waals surface area contributed by atoms with Crippen molar-refractivity contribution in [2.24, 2.45) is 0 Å². The molecule has 0 unspecified atom stereocenters. The van der Waals surface area contributed by atoms with Crippen molar-refractivity contribution < 1.29 is 4.42 Å². The maximum Gasteiger partial charge on any atom is 0.199 e. The maximum atomic E-state index is 5.92. The van der Waals surface area contributed by atoms with Gasteiger partial charge in [-0.15, -0.1) is 0 Å². The fourth-order valence-electron chi connectivity index (χ4n) is 1.52. The summed E-state index contributed by atoms with van der Waals surface area (Å²) in [5.74, 6) is 1.48. The number of halogens is 2. The van der Waals surface area contributed by atoms with Gasteiger partial charge in [-0.1, -0.05) is 20.8 Å². The zero-order chi connectivity index (χ0) is 13.5. The molecule has 0 aliphatic rings. The Hall–Kier alpha value is -0.880. The highest BCUT2D eigenvalue weighted by Gasteiger charge is 2.24. The number of nitrogens with zero attached hydrogens (tertiary/aromatic N) is 2. The molecular weight excluding hydrogens is 362 g/mol. The van der Waals surface area contributed by atoms with Crippen LogP contribution in [-0.4, -0.2) is 9.97 Å². The van der Waals surface area contributed by atoms with Crippen molar-refractivity contribution >= 4 is 37.7 Å². The van der Waals surface area contributed by atoms with Crippen LogP contribution in [0.25, 0.3) is 11.6 Å². The van der Waals surface area contributed by atoms with Gasteiger partial charge < -0.3 is 10.2 Å². The van der Waals surface area contributed by atoms with Crippen LogP contribution in [-0.2, 0) is 5.41 Å². The second-order valence-electron chi connectivity index (χ2n) is 4.94. The Balaban J connectivity index is 2.66. The minimum absolute atomic E-state index is 0.135. The molecule has 2 aromatic rings. The fraction of sp³-hybridized carbons (Fsp3) is 0.333. The quantitative estimate of drug-likeness (QED) is 0.814. The molecule has 2 heterocycles. The smallest absolute Gasteiger partial charge is 0.199 e. The highest BCUT2D eigenvalue weighted by Crippen LogP contribution is 2.34. The Bertz CT molecular complexity index is 587. The van der Waals surface area contributed by atoms with E-state index in [2.05, 4.69) is 62.6 Å². The highest BCUT2D eigenvalue weighted by molar-refractivity contribution is 9.11. The van der Waals surface area contributed by atoms with Crippen molar-refractivity contribution in [3.05, 3.63) is 27.0 Å². The summed E-state index contributed by atoms with van der Waals surface area (Å²) in [4.78, 5) is 8.79. The summed E-state index contributed by atoms with van der Waals surface area (Å²) >= 11 is 6.83. The van der Waals surface area contributed by atoms with Crippen LogP contribution in [0.3, 0.4) is 0 Å². The molecule has 0 fully saturated rings. The van der Waals surface area contributed by atoms with E-state index in [9.17, 15) is 0 Å². The molecule has 4 nitrogen and oxygen atoms in total. The van der Waals surface area contributed by atoms with Gasteiger partial charge in [-0.25, -0.2) is 9.97 Å². The van der Waals surface area contributed by atoms with E-state index in [1.807, 2.05) is 0 Å². The SMILES string of the molecule is CC(C)(C)c1nc(-c2occc2Br)nc(N)c1Br. The minimum Gasteiger partial charge on any atom is -0.460 e. The number of hydrogen-bond acceptors (Lipinski definition) is 4. The van der Waals surface area contributed by atoms with Crippen LogP contribution in [0, 0.1) is 0 Å². The lowest BCUT2D eigenvalue weighted by Gasteiger charge is -2.20. The first-order chi connectivity index (χ1) is 8.30. The predicted molar refractivity (Wildman–Crippen MR) is 78.2 cm³/mol. The molecule has 0 saturated carbocycles. The van der Waals surface area contributed by atoms with Gasteiger partial charge in [0.1, 0.15) is 5.82 Å². The summed E-state index contributed by atoms with van der Waals surface area (Å²) in [6, 6.07) is 1.80. The molecule has 18 heavy (non-hydrogen) atoms. The molecule has 0 spiro atoms. The van der Waals surface area contributed by atoms with Gasteiger partial charge in [0.05, 0.1) is 20.9 Å². The predicted octanol–water partition coefficient (Wildman–Crippen LogP) is 4.14. The van der Waals surface area contributed by atoms with Crippen LogP contribution in [0.4, 0.5) is 5.82 Å². The first-order valence-corrected chi connectivity index (χ1v) is 6.96. The van der Waals surface area contributed by atoms with Gasteiger partial charge in [0, 0.05) is 5.41 Å². The van der Waals surface area contributed by atoms with Crippen LogP contribution >= 0.6 is 31.9 Å². The van der Waals surface area contributed by atoms with Gasteiger partial charge in [0.25, 0.3) is 0 Å². The molecule has 2 rings (SSSR count). The Morgan fingerprint density at radius 1 is 1.22 bits per heavy atom. The van der Waals surface area contributed by atoms with Crippen LogP contribution in [0.5, 0.6) is 0 Å². The number of furan rings is 1. The molecule has 0 atom stereocenters. The molecule has 0 radical (unpaired) electrons. The molecule has 0 aliphatic heterocycles. The molecular formula is C12H13Br2N3O. The van der Waals surface area contributed by atoms with Crippen molar-refractivity contribution in [1.29, 1.82) is 0 Å². The third-order valence-electron chi connectivity index (χ3n) is 2.41. The summed E-state index contributed by atoms with van der Waals surface area (Å²) in [6.07, 6.45) is 1.58. The minimum atomic E-state index is -0.135. The summed E-state index contributed by atoms with van der Waals surface area (Å²) in [5.41, 5.74) is 6.64. The van der Waals surface area contributed by atoms with E-state index >= 15 is 0 Å². The third-order valence-corrected chi connectivity index (χ3v) is 3.81. The Morgan fingerprint density at radius 3 is 2.39 bits per heavy atom. The maximum absolute atomic E-state index is 5.92. The van der Waals surface area contributed by atoms with E-state index in [-0.39, 0.29) is 5.41 Å². The molecule has 0 bridgehead atoms. The molecule has 96 valence electrons. The van der Waals surface area contributed by atoms with E-state index in [0.29, 0.717) is 17.4 Å². The summed E-state index contributed by atoms with van der Waals surface area (Å²) in [6.45, 7) is 6.21. The first-order valence-electron chi connectivity index (χ1n) is 5.37. The average molecular weight is 375 g/mol. The summed E-state index contributed by atoms with van der Waals surface area (Å²) in [7, 11) is 0. The van der Waals surface area contributed by atoms with Gasteiger partial charge >= 0.3 is 0 Å². The van der Waals surface area contributed by atoms with Crippen LogP contribution in [0.15, 0.2) is 25.7 Å². The van der Waals surface area contributed by atoms with E-state index in [4.69, 9.17) is 10.2 Å². The van der Waals surface area contributed by atoms with Gasteiger partial charge in [-0.05, 0) is 37.9 Å². The van der Waals surface area contributed by atoms with Gasteiger partial charge in [-0.3, -0.25) is 0 Å². The van der Waals surface area contributed by atoms with E-state index in [0.717, 1.165) is 14.6 Å². The van der Waals surface area contributed by atoms with Crippen molar-refractivity contribution in [2.75, 3.05) is 5.73 Å². The molecule has 2 N–H and O–H groups in total. The molecule has 0 aliphatic carbocycles. The molecule has 6 heteroatoms. The van der Waals surface area contributed by atoms with Crippen molar-refractivity contribution in [3.63, 3.8) is 0 Å². The number of aromatic nitrogens is 2. The van der Waals surface area contributed by atoms with Crippen LogP contribution < -0.4 is 5.73 Å². The van der Waals surface area contributed by atoms with E-state index < -0.39 is 0 Å².